The van der Waals surface area contributed by atoms with Gasteiger partial charge in [0, 0.05) is 17.0 Å². The standard InChI is InChI=1S/C22H22N4OS/c1-14-2-4-15(5-3-14)13-24-28-18-9-6-16(7-10-18)22-25-19-11-8-17(21(23)27)12-20(19)26-22/h2-12,22,24-26H,13H2,1H3,(H2,23,27). The first kappa shape index (κ1) is 18.4. The highest BCUT2D eigenvalue weighted by Crippen LogP contribution is 2.36. The van der Waals surface area contributed by atoms with Crippen LogP contribution in [0.3, 0.4) is 0 Å². The summed E-state index contributed by atoms with van der Waals surface area (Å²) in [7, 11) is 0. The molecule has 4 rings (SSSR count). The molecule has 0 radical (unpaired) electrons. The first-order valence-electron chi connectivity index (χ1n) is 9.10. The topological polar surface area (TPSA) is 79.2 Å². The lowest BCUT2D eigenvalue weighted by atomic mass is 10.2. The molecule has 28 heavy (non-hydrogen) atoms. The number of aryl methyl sites for hydroxylation is 1. The molecule has 0 aliphatic carbocycles. The summed E-state index contributed by atoms with van der Waals surface area (Å²) in [6.45, 7) is 2.91. The summed E-state index contributed by atoms with van der Waals surface area (Å²) in [5, 5.41) is 6.81. The molecule has 3 aromatic rings. The molecule has 1 heterocycles. The molecule has 3 aromatic carbocycles. The zero-order valence-corrected chi connectivity index (χ0v) is 16.3. The van der Waals surface area contributed by atoms with Gasteiger partial charge in [0.15, 0.2) is 0 Å². The van der Waals surface area contributed by atoms with Gasteiger partial charge in [-0.25, -0.2) is 0 Å². The number of rotatable bonds is 6. The highest BCUT2D eigenvalue weighted by atomic mass is 32.2. The van der Waals surface area contributed by atoms with Crippen molar-refractivity contribution in [1.29, 1.82) is 0 Å². The molecule has 1 aliphatic heterocycles. The minimum atomic E-state index is -0.424. The van der Waals surface area contributed by atoms with E-state index in [2.05, 4.69) is 70.8 Å². The van der Waals surface area contributed by atoms with Gasteiger partial charge in [-0.1, -0.05) is 42.0 Å². The third kappa shape index (κ3) is 4.13. The average Bonchev–Trinajstić information content (AvgIpc) is 3.13. The fraction of sp³-hybridized carbons (Fsp3) is 0.136. The first-order valence-corrected chi connectivity index (χ1v) is 9.92. The van der Waals surface area contributed by atoms with Crippen LogP contribution in [-0.2, 0) is 6.54 Å². The van der Waals surface area contributed by atoms with Crippen LogP contribution in [0.4, 0.5) is 11.4 Å². The van der Waals surface area contributed by atoms with Gasteiger partial charge in [0.1, 0.15) is 6.17 Å². The fourth-order valence-electron chi connectivity index (χ4n) is 3.09. The molecule has 5 N–H and O–H groups in total. The second kappa shape index (κ2) is 7.96. The number of hydrogen-bond acceptors (Lipinski definition) is 5. The van der Waals surface area contributed by atoms with E-state index in [4.69, 9.17) is 5.73 Å². The number of carbonyl (C=O) groups excluding carboxylic acids is 1. The highest BCUT2D eigenvalue weighted by Gasteiger charge is 2.21. The van der Waals surface area contributed by atoms with Gasteiger partial charge in [-0.15, -0.1) is 0 Å². The van der Waals surface area contributed by atoms with Crippen LogP contribution in [0.15, 0.2) is 71.6 Å². The van der Waals surface area contributed by atoms with E-state index >= 15 is 0 Å². The molecule has 0 saturated heterocycles. The lowest BCUT2D eigenvalue weighted by molar-refractivity contribution is 0.100. The Bertz CT molecular complexity index is 986. The smallest absolute Gasteiger partial charge is 0.248 e. The number of nitrogens with two attached hydrogens (primary N) is 1. The van der Waals surface area contributed by atoms with Gasteiger partial charge in [-0.2, -0.15) is 0 Å². The van der Waals surface area contributed by atoms with Crippen molar-refractivity contribution >= 4 is 29.2 Å². The summed E-state index contributed by atoms with van der Waals surface area (Å²) in [6, 6.07) is 22.3. The van der Waals surface area contributed by atoms with Gasteiger partial charge >= 0.3 is 0 Å². The molecular weight excluding hydrogens is 368 g/mol. The van der Waals surface area contributed by atoms with Crippen molar-refractivity contribution in [2.24, 2.45) is 5.73 Å². The van der Waals surface area contributed by atoms with E-state index in [1.807, 2.05) is 6.07 Å². The molecular formula is C22H22N4OS. The lowest BCUT2D eigenvalue weighted by Gasteiger charge is -2.13. The first-order chi connectivity index (χ1) is 13.6. The van der Waals surface area contributed by atoms with Crippen LogP contribution >= 0.6 is 11.9 Å². The maximum Gasteiger partial charge on any atom is 0.248 e. The minimum absolute atomic E-state index is 0.0299. The number of amides is 1. The Labute approximate surface area is 168 Å². The molecule has 142 valence electrons. The molecule has 5 nitrogen and oxygen atoms in total. The number of benzene rings is 3. The Morgan fingerprint density at radius 1 is 1.00 bits per heavy atom. The monoisotopic (exact) mass is 390 g/mol. The summed E-state index contributed by atoms with van der Waals surface area (Å²) in [5.74, 6) is -0.424. The van der Waals surface area contributed by atoms with Crippen LogP contribution < -0.4 is 21.1 Å². The van der Waals surface area contributed by atoms with E-state index in [0.29, 0.717) is 5.56 Å². The van der Waals surface area contributed by atoms with Crippen LogP contribution in [0.25, 0.3) is 0 Å². The number of carbonyl (C=O) groups is 1. The second-order valence-electron chi connectivity index (χ2n) is 6.82. The van der Waals surface area contributed by atoms with E-state index in [1.165, 1.54) is 11.1 Å². The third-order valence-corrected chi connectivity index (χ3v) is 5.50. The highest BCUT2D eigenvalue weighted by molar-refractivity contribution is 7.97. The van der Waals surface area contributed by atoms with Crippen LogP contribution in [-0.4, -0.2) is 5.91 Å². The Hall–Kier alpha value is -2.96. The van der Waals surface area contributed by atoms with Gasteiger partial charge in [0.05, 0.1) is 11.4 Å². The number of primary amides is 1. The van der Waals surface area contributed by atoms with Crippen LogP contribution in [0, 0.1) is 6.92 Å². The SMILES string of the molecule is Cc1ccc(CNSc2ccc(C3Nc4ccc(C(N)=O)cc4N3)cc2)cc1. The van der Waals surface area contributed by atoms with Gasteiger partial charge in [-0.05, 0) is 60.3 Å². The summed E-state index contributed by atoms with van der Waals surface area (Å²) in [4.78, 5) is 12.5. The molecule has 0 bridgehead atoms. The van der Waals surface area contributed by atoms with Crippen molar-refractivity contribution in [1.82, 2.24) is 4.72 Å². The van der Waals surface area contributed by atoms with Crippen LogP contribution in [0.5, 0.6) is 0 Å². The normalized spacial score (nSPS) is 14.8. The van der Waals surface area contributed by atoms with Gasteiger partial charge < -0.3 is 16.4 Å². The van der Waals surface area contributed by atoms with Crippen LogP contribution in [0.2, 0.25) is 0 Å². The summed E-state index contributed by atoms with van der Waals surface area (Å²) in [6.07, 6.45) is -0.0299. The Morgan fingerprint density at radius 3 is 2.43 bits per heavy atom. The molecule has 0 fully saturated rings. The van der Waals surface area contributed by atoms with Crippen molar-refractivity contribution in [2.75, 3.05) is 10.6 Å². The fourth-order valence-corrected chi connectivity index (χ4v) is 3.77. The number of anilines is 2. The minimum Gasteiger partial charge on any atom is -0.366 e. The summed E-state index contributed by atoms with van der Waals surface area (Å²) >= 11 is 1.62. The van der Waals surface area contributed by atoms with Gasteiger partial charge in [0.25, 0.3) is 0 Å². The van der Waals surface area contributed by atoms with Gasteiger partial charge in [-0.3, -0.25) is 9.52 Å². The number of fused-ring (bicyclic) bond motifs is 1. The molecule has 6 heteroatoms. The van der Waals surface area contributed by atoms with Gasteiger partial charge in [0.2, 0.25) is 5.91 Å². The Balaban J connectivity index is 1.34. The number of nitrogens with one attached hydrogen (secondary N) is 3. The third-order valence-electron chi connectivity index (χ3n) is 4.70. The Morgan fingerprint density at radius 2 is 1.71 bits per heavy atom. The molecule has 1 atom stereocenters. The molecule has 1 amide bonds. The molecule has 1 unspecified atom stereocenters. The predicted octanol–water partition coefficient (Wildman–Crippen LogP) is 4.43. The maximum atomic E-state index is 11.3. The summed E-state index contributed by atoms with van der Waals surface area (Å²) < 4.78 is 3.40. The largest absolute Gasteiger partial charge is 0.366 e. The molecule has 0 saturated carbocycles. The second-order valence-corrected chi connectivity index (χ2v) is 7.79. The van der Waals surface area contributed by atoms with Crippen molar-refractivity contribution < 1.29 is 4.79 Å². The zero-order valence-electron chi connectivity index (χ0n) is 15.5. The number of hydrogen-bond donors (Lipinski definition) is 4. The van der Waals surface area contributed by atoms with E-state index < -0.39 is 5.91 Å². The maximum absolute atomic E-state index is 11.3. The zero-order chi connectivity index (χ0) is 19.5. The molecule has 0 aromatic heterocycles. The van der Waals surface area contributed by atoms with Crippen molar-refractivity contribution in [3.63, 3.8) is 0 Å². The van der Waals surface area contributed by atoms with Crippen molar-refractivity contribution in [3.05, 3.63) is 89.0 Å². The summed E-state index contributed by atoms with van der Waals surface area (Å²) in [5.41, 5.74) is 11.4. The molecule has 0 spiro atoms. The Kier molecular flexibility index (Phi) is 5.23. The van der Waals surface area contributed by atoms with Crippen molar-refractivity contribution in [2.45, 2.75) is 24.5 Å². The van der Waals surface area contributed by atoms with E-state index in [1.54, 1.807) is 24.1 Å². The van der Waals surface area contributed by atoms with E-state index in [0.717, 1.165) is 28.4 Å². The quantitative estimate of drug-likeness (QED) is 0.469. The van der Waals surface area contributed by atoms with E-state index in [-0.39, 0.29) is 6.17 Å². The molecule has 1 aliphatic rings. The van der Waals surface area contributed by atoms with Crippen molar-refractivity contribution in [3.8, 4) is 0 Å². The average molecular weight is 391 g/mol. The van der Waals surface area contributed by atoms with E-state index in [9.17, 15) is 4.79 Å². The lowest BCUT2D eigenvalue weighted by Crippen LogP contribution is -2.12. The van der Waals surface area contributed by atoms with Crippen LogP contribution in [0.1, 0.15) is 33.2 Å². The predicted molar refractivity (Wildman–Crippen MR) is 115 cm³/mol.